The van der Waals surface area contributed by atoms with E-state index in [0.29, 0.717) is 0 Å². The fraction of sp³-hybridized carbons (Fsp3) is 0.455. The van der Waals surface area contributed by atoms with Crippen molar-refractivity contribution in [3.05, 3.63) is 30.1 Å². The van der Waals surface area contributed by atoms with Gasteiger partial charge in [-0.2, -0.15) is 0 Å². The molecule has 0 radical (unpaired) electrons. The van der Waals surface area contributed by atoms with Gasteiger partial charge in [0, 0.05) is 19.4 Å². The van der Waals surface area contributed by atoms with Crippen molar-refractivity contribution in [1.82, 2.24) is 10.3 Å². The molecule has 1 aromatic heterocycles. The molecule has 1 aromatic rings. The second-order valence-corrected chi connectivity index (χ2v) is 5.40. The molecule has 0 spiro atoms. The van der Waals surface area contributed by atoms with Crippen LogP contribution in [0.25, 0.3) is 0 Å². The van der Waals surface area contributed by atoms with Crippen molar-refractivity contribution in [2.45, 2.75) is 17.6 Å². The van der Waals surface area contributed by atoms with E-state index in [4.69, 9.17) is 12.2 Å². The third kappa shape index (κ3) is 1.88. The molecule has 0 bridgehead atoms. The lowest BCUT2D eigenvalue weighted by Gasteiger charge is -2.28. The molecule has 1 atom stereocenters. The van der Waals surface area contributed by atoms with E-state index in [2.05, 4.69) is 16.4 Å². The molecule has 1 fully saturated rings. The summed E-state index contributed by atoms with van der Waals surface area (Å²) in [7, 11) is 1.90. The minimum Gasteiger partial charge on any atom is -0.381 e. The van der Waals surface area contributed by atoms with Gasteiger partial charge in [0.25, 0.3) is 0 Å². The van der Waals surface area contributed by atoms with E-state index in [0.717, 1.165) is 11.4 Å². The molecule has 1 aliphatic heterocycles. The van der Waals surface area contributed by atoms with Crippen LogP contribution in [0, 0.1) is 0 Å². The quantitative estimate of drug-likeness (QED) is 0.800. The van der Waals surface area contributed by atoms with E-state index < -0.39 is 0 Å². The van der Waals surface area contributed by atoms with Crippen molar-refractivity contribution < 1.29 is 0 Å². The Bertz CT molecular complexity index is 345. The Labute approximate surface area is 99.9 Å². The third-order valence-corrected chi connectivity index (χ3v) is 5.05. The van der Waals surface area contributed by atoms with Crippen molar-refractivity contribution in [3.8, 4) is 0 Å². The number of pyridine rings is 1. The molecular formula is C11H14N2S2. The number of rotatable bonds is 2. The zero-order chi connectivity index (χ0) is 10.7. The number of likely N-dealkylation sites (N-methyl/N-ethyl adjacent to an activating group) is 1. The van der Waals surface area contributed by atoms with Gasteiger partial charge in [-0.1, -0.05) is 18.3 Å². The molecule has 2 nitrogen and oxygen atoms in total. The monoisotopic (exact) mass is 238 g/mol. The molecule has 1 saturated heterocycles. The summed E-state index contributed by atoms with van der Waals surface area (Å²) in [5, 5.41) is 3.13. The van der Waals surface area contributed by atoms with Crippen LogP contribution in [0.15, 0.2) is 24.5 Å². The topological polar surface area (TPSA) is 24.9 Å². The highest BCUT2D eigenvalue weighted by atomic mass is 32.2. The molecule has 1 N–H and O–H groups in total. The summed E-state index contributed by atoms with van der Waals surface area (Å²) in [6, 6.07) is 4.10. The predicted octanol–water partition coefficient (Wildman–Crippen LogP) is 2.35. The molecule has 0 unspecified atom stereocenters. The number of nitrogens with one attached hydrogen (secondary N) is 1. The van der Waals surface area contributed by atoms with Crippen LogP contribution in [-0.2, 0) is 4.75 Å². The summed E-state index contributed by atoms with van der Waals surface area (Å²) in [4.78, 5) is 5.12. The van der Waals surface area contributed by atoms with Crippen LogP contribution in [0.3, 0.4) is 0 Å². The average molecular weight is 238 g/mol. The molecular weight excluding hydrogens is 224 g/mol. The summed E-state index contributed by atoms with van der Waals surface area (Å²) < 4.78 is -0.0294. The van der Waals surface area contributed by atoms with Crippen molar-refractivity contribution in [2.75, 3.05) is 12.8 Å². The number of aromatic nitrogens is 1. The Morgan fingerprint density at radius 3 is 3.07 bits per heavy atom. The van der Waals surface area contributed by atoms with Gasteiger partial charge in [0.05, 0.1) is 9.74 Å². The zero-order valence-corrected chi connectivity index (χ0v) is 10.3. The van der Waals surface area contributed by atoms with Crippen LogP contribution in [0.4, 0.5) is 0 Å². The molecule has 0 aliphatic carbocycles. The maximum Gasteiger partial charge on any atom is 0.0960 e. The van der Waals surface area contributed by atoms with Gasteiger partial charge in [-0.05, 0) is 30.2 Å². The van der Waals surface area contributed by atoms with Crippen molar-refractivity contribution in [1.29, 1.82) is 0 Å². The molecule has 0 saturated carbocycles. The van der Waals surface area contributed by atoms with Crippen molar-refractivity contribution >= 4 is 29.0 Å². The smallest absolute Gasteiger partial charge is 0.0960 e. The zero-order valence-electron chi connectivity index (χ0n) is 8.69. The molecule has 4 heteroatoms. The third-order valence-electron chi connectivity index (χ3n) is 2.74. The van der Waals surface area contributed by atoms with Gasteiger partial charge in [-0.25, -0.2) is 0 Å². The highest BCUT2D eigenvalue weighted by Gasteiger charge is 2.40. The first-order chi connectivity index (χ1) is 7.29. The van der Waals surface area contributed by atoms with Crippen LogP contribution in [-0.4, -0.2) is 22.8 Å². The summed E-state index contributed by atoms with van der Waals surface area (Å²) in [6.07, 6.45) is 6.08. The first kappa shape index (κ1) is 10.9. The van der Waals surface area contributed by atoms with Crippen LogP contribution in [0.2, 0.25) is 0 Å². The highest BCUT2D eigenvalue weighted by Crippen LogP contribution is 2.47. The molecule has 2 rings (SSSR count). The Kier molecular flexibility index (Phi) is 3.26. The maximum atomic E-state index is 5.45. The van der Waals surface area contributed by atoms with E-state index >= 15 is 0 Å². The van der Waals surface area contributed by atoms with E-state index in [1.807, 2.05) is 31.1 Å². The number of nitrogens with zero attached hydrogens (tertiary/aromatic N) is 1. The second-order valence-electron chi connectivity index (χ2n) is 3.60. The minimum atomic E-state index is -0.0294. The molecule has 0 amide bonds. The summed E-state index contributed by atoms with van der Waals surface area (Å²) in [5.41, 5.74) is 1.23. The highest BCUT2D eigenvalue weighted by molar-refractivity contribution is 8.02. The average Bonchev–Trinajstić information content (AvgIpc) is 2.79. The Morgan fingerprint density at radius 1 is 1.67 bits per heavy atom. The van der Waals surface area contributed by atoms with Crippen LogP contribution in [0.1, 0.15) is 18.4 Å². The Hall–Kier alpha value is -0.610. The van der Waals surface area contributed by atoms with Gasteiger partial charge in [-0.3, -0.25) is 4.98 Å². The molecule has 0 aromatic carbocycles. The van der Waals surface area contributed by atoms with Gasteiger partial charge in [0.2, 0.25) is 0 Å². The molecule has 80 valence electrons. The van der Waals surface area contributed by atoms with Gasteiger partial charge >= 0.3 is 0 Å². The van der Waals surface area contributed by atoms with E-state index in [1.54, 1.807) is 6.20 Å². The maximum absolute atomic E-state index is 5.45. The summed E-state index contributed by atoms with van der Waals surface area (Å²) >= 11 is 7.38. The van der Waals surface area contributed by atoms with E-state index in [9.17, 15) is 0 Å². The van der Waals surface area contributed by atoms with E-state index in [1.165, 1.54) is 17.7 Å². The van der Waals surface area contributed by atoms with Crippen molar-refractivity contribution in [3.63, 3.8) is 0 Å². The minimum absolute atomic E-state index is 0.0294. The normalized spacial score (nSPS) is 25.1. The summed E-state index contributed by atoms with van der Waals surface area (Å²) in [6.45, 7) is 0. The lowest BCUT2D eigenvalue weighted by molar-refractivity contribution is 0.729. The SMILES string of the molecule is CNC(=S)[C@]1(c2cccnc2)CCCS1. The van der Waals surface area contributed by atoms with Crippen LogP contribution >= 0.6 is 24.0 Å². The van der Waals surface area contributed by atoms with Gasteiger partial charge < -0.3 is 5.32 Å². The lowest BCUT2D eigenvalue weighted by atomic mass is 9.95. The van der Waals surface area contributed by atoms with Gasteiger partial charge in [-0.15, -0.1) is 11.8 Å². The standard InChI is InChI=1S/C11H14N2S2/c1-12-10(14)11(5-3-7-15-11)9-4-2-6-13-8-9/h2,4,6,8H,3,5,7H2,1H3,(H,12,14)/t11-/m1/s1. The number of hydrogen-bond acceptors (Lipinski definition) is 3. The second kappa shape index (κ2) is 4.49. The molecule has 2 heterocycles. The number of thioether (sulfide) groups is 1. The van der Waals surface area contributed by atoms with E-state index in [-0.39, 0.29) is 4.75 Å². The summed E-state index contributed by atoms with van der Waals surface area (Å²) in [5.74, 6) is 1.18. The molecule has 15 heavy (non-hydrogen) atoms. The first-order valence-corrected chi connectivity index (χ1v) is 6.45. The predicted molar refractivity (Wildman–Crippen MR) is 69.3 cm³/mol. The number of thiocarbonyl (C=S) groups is 1. The largest absolute Gasteiger partial charge is 0.381 e. The van der Waals surface area contributed by atoms with Gasteiger partial charge in [0.1, 0.15) is 0 Å². The fourth-order valence-electron chi connectivity index (χ4n) is 1.98. The van der Waals surface area contributed by atoms with Crippen molar-refractivity contribution in [2.24, 2.45) is 0 Å². The Balaban J connectivity index is 2.39. The Morgan fingerprint density at radius 2 is 2.53 bits per heavy atom. The lowest BCUT2D eigenvalue weighted by Crippen LogP contribution is -2.37. The fourth-order valence-corrected chi connectivity index (χ4v) is 3.82. The van der Waals surface area contributed by atoms with Crippen LogP contribution in [0.5, 0.6) is 0 Å². The van der Waals surface area contributed by atoms with Gasteiger partial charge in [0.15, 0.2) is 0 Å². The van der Waals surface area contributed by atoms with Crippen LogP contribution < -0.4 is 5.32 Å². The number of hydrogen-bond donors (Lipinski definition) is 1. The molecule has 1 aliphatic rings. The first-order valence-electron chi connectivity index (χ1n) is 5.06.